The number of hydrogen-bond acceptors (Lipinski definition) is 3. The van der Waals surface area contributed by atoms with Gasteiger partial charge in [-0.05, 0) is 34.5 Å². The molecule has 0 aliphatic heterocycles. The molecule has 0 fully saturated rings. The first-order valence-corrected chi connectivity index (χ1v) is 4.82. The lowest BCUT2D eigenvalue weighted by Crippen LogP contribution is -2.46. The summed E-state index contributed by atoms with van der Waals surface area (Å²) in [6.45, 7) is -2.74. The van der Waals surface area contributed by atoms with Gasteiger partial charge in [0.05, 0.1) is 0 Å². The summed E-state index contributed by atoms with van der Waals surface area (Å²) >= 11 is 0. The van der Waals surface area contributed by atoms with Crippen molar-refractivity contribution in [3.63, 3.8) is 0 Å². The summed E-state index contributed by atoms with van der Waals surface area (Å²) in [7, 11) is 0. The Morgan fingerprint density at radius 1 is 1.47 bits per heavy atom. The average Bonchev–Trinajstić information content (AvgIpc) is 2.21. The van der Waals surface area contributed by atoms with Crippen molar-refractivity contribution in [1.82, 2.24) is 5.32 Å². The Balaban J connectivity index is 5.41. The van der Waals surface area contributed by atoms with Crippen LogP contribution in [-0.4, -0.2) is 34.5 Å². The topological polar surface area (TPSA) is 75.6 Å². The van der Waals surface area contributed by atoms with Gasteiger partial charge in [0.25, 0.3) is 0 Å². The third kappa shape index (κ3) is 8.47. The molecule has 0 heterocycles. The molecule has 0 unspecified atom stereocenters. The summed E-state index contributed by atoms with van der Waals surface area (Å²) in [5, 5.41) is 10.8. The second-order valence-electron chi connectivity index (χ2n) is 4.54. The van der Waals surface area contributed by atoms with Crippen LogP contribution in [0.1, 0.15) is 49.1 Å². The number of ether oxygens (including phenoxy) is 1. The van der Waals surface area contributed by atoms with Crippen LogP contribution in [0.5, 0.6) is 0 Å². The number of aliphatic carboxylic acids is 1. The highest BCUT2D eigenvalue weighted by molar-refractivity contribution is 5.80. The Morgan fingerprint density at radius 2 is 2.00 bits per heavy atom. The third-order valence-corrected chi connectivity index (χ3v) is 1.47. The summed E-state index contributed by atoms with van der Waals surface area (Å²) in [5.41, 5.74) is -4.79. The van der Waals surface area contributed by atoms with Crippen molar-refractivity contribution in [3.05, 3.63) is 0 Å². The van der Waals surface area contributed by atoms with E-state index in [0.717, 1.165) is 0 Å². The zero-order valence-corrected chi connectivity index (χ0v) is 9.83. The Bertz CT molecular complexity index is 443. The number of alkyl halides is 1. The molecule has 0 bridgehead atoms. The Kier molecular flexibility index (Phi) is 2.48. The molecule has 1 amide bonds. The number of carbonyl (C=O) groups is 2. The van der Waals surface area contributed by atoms with Crippen LogP contribution in [0.4, 0.5) is 9.18 Å². The summed E-state index contributed by atoms with van der Waals surface area (Å²) in [4.78, 5) is 22.7. The maximum Gasteiger partial charge on any atom is 0.408 e. The number of carboxylic acid groups (broad SMARTS) is 1. The molecule has 0 aliphatic rings. The lowest BCUT2D eigenvalue weighted by atomic mass is 10.0. The largest absolute Gasteiger partial charge is 0.480 e. The van der Waals surface area contributed by atoms with Crippen molar-refractivity contribution in [1.29, 1.82) is 0 Å². The van der Waals surface area contributed by atoms with Crippen molar-refractivity contribution in [2.24, 2.45) is 0 Å². The number of carboxylic acids is 1. The van der Waals surface area contributed by atoms with Gasteiger partial charge < -0.3 is 15.2 Å². The predicted molar refractivity (Wildman–Crippen MR) is 60.6 cm³/mol. The summed E-state index contributed by atoms with van der Waals surface area (Å²) in [6.07, 6.45) is -2.70. The van der Waals surface area contributed by atoms with E-state index in [1.165, 1.54) is 20.8 Å². The van der Waals surface area contributed by atoms with E-state index in [1.54, 1.807) is 5.32 Å². The van der Waals surface area contributed by atoms with Gasteiger partial charge in [0, 0.05) is 14.6 Å². The van der Waals surface area contributed by atoms with Crippen molar-refractivity contribution in [3.8, 4) is 0 Å². The van der Waals surface area contributed by atoms with E-state index in [0.29, 0.717) is 0 Å². The fourth-order valence-electron chi connectivity index (χ4n) is 0.931. The second kappa shape index (κ2) is 5.33. The minimum Gasteiger partial charge on any atom is -0.480 e. The molecule has 2 N–H and O–H groups in total. The number of alkyl carbamates (subject to hydrolysis) is 1. The van der Waals surface area contributed by atoms with Gasteiger partial charge in [-0.15, -0.1) is 0 Å². The molecule has 0 saturated carbocycles. The monoisotopic (exact) mass is 255 g/mol. The lowest BCUT2D eigenvalue weighted by Gasteiger charge is -2.24. The molecular formula is C11H20FNO4. The first-order valence-electron chi connectivity index (χ1n) is 7.82. The van der Waals surface area contributed by atoms with Gasteiger partial charge in [-0.3, -0.25) is 0 Å². The molecule has 0 aliphatic carbocycles. The highest BCUT2D eigenvalue weighted by atomic mass is 19.1. The highest BCUT2D eigenvalue weighted by Crippen LogP contribution is 2.17. The molecule has 5 nitrogen and oxygen atoms in total. The molecular weight excluding hydrogens is 229 g/mol. The Labute approximate surface area is 109 Å². The highest BCUT2D eigenvalue weighted by Gasteiger charge is 2.30. The van der Waals surface area contributed by atoms with Crippen LogP contribution >= 0.6 is 0 Å². The SMILES string of the molecule is [2H]C([2H])([2H])C(F)(C[C@H](NC(=O)OC(C)(C)C)C(=O)O)C([2H])([2H])[2H]. The van der Waals surface area contributed by atoms with Crippen molar-refractivity contribution in [2.45, 2.75) is 58.2 Å². The molecule has 0 aromatic carbocycles. The number of amides is 1. The van der Waals surface area contributed by atoms with Gasteiger partial charge in [0.15, 0.2) is 0 Å². The number of rotatable bonds is 4. The van der Waals surface area contributed by atoms with E-state index in [9.17, 15) is 14.0 Å². The van der Waals surface area contributed by atoms with E-state index in [-0.39, 0.29) is 0 Å². The maximum absolute atomic E-state index is 14.6. The zero-order chi connectivity index (χ0) is 18.9. The molecule has 0 aromatic rings. The van der Waals surface area contributed by atoms with Crippen LogP contribution in [0.3, 0.4) is 0 Å². The lowest BCUT2D eigenvalue weighted by molar-refractivity contribution is -0.140. The van der Waals surface area contributed by atoms with Crippen molar-refractivity contribution in [2.75, 3.05) is 0 Å². The fourth-order valence-corrected chi connectivity index (χ4v) is 0.931. The van der Waals surface area contributed by atoms with Crippen LogP contribution in [-0.2, 0) is 9.53 Å². The summed E-state index contributed by atoms with van der Waals surface area (Å²) in [5.74, 6) is -1.79. The molecule has 6 heteroatoms. The normalized spacial score (nSPS) is 20.7. The van der Waals surface area contributed by atoms with E-state index < -0.39 is 49.5 Å². The van der Waals surface area contributed by atoms with Crippen molar-refractivity contribution >= 4 is 12.1 Å². The standard InChI is InChI=1S/C11H20FNO4/c1-10(2,3)17-9(16)13-7(8(14)15)6-11(4,5)12/h7H,6H2,1-5H3,(H,13,16)(H,14,15)/t7-/m0/s1/i4D3,5D3. The number of halogens is 1. The smallest absolute Gasteiger partial charge is 0.408 e. The Hall–Kier alpha value is -1.33. The molecule has 1 atom stereocenters. The third-order valence-electron chi connectivity index (χ3n) is 1.47. The van der Waals surface area contributed by atoms with Crippen LogP contribution < -0.4 is 5.32 Å². The minimum absolute atomic E-state index is 0.978. The van der Waals surface area contributed by atoms with E-state index in [2.05, 4.69) is 0 Å². The second-order valence-corrected chi connectivity index (χ2v) is 4.54. The maximum atomic E-state index is 14.6. The molecule has 0 aromatic heterocycles. The van der Waals surface area contributed by atoms with Gasteiger partial charge in [-0.2, -0.15) is 0 Å². The van der Waals surface area contributed by atoms with E-state index in [4.69, 9.17) is 18.1 Å². The number of carbonyl (C=O) groups excluding carboxylic acids is 1. The van der Waals surface area contributed by atoms with Gasteiger partial charge in [-0.25, -0.2) is 14.0 Å². The molecule has 0 rings (SSSR count). The number of nitrogens with one attached hydrogen (secondary N) is 1. The quantitative estimate of drug-likeness (QED) is 0.806. The van der Waals surface area contributed by atoms with Gasteiger partial charge in [0.1, 0.15) is 17.3 Å². The van der Waals surface area contributed by atoms with Crippen LogP contribution in [0.15, 0.2) is 0 Å². The van der Waals surface area contributed by atoms with Crippen LogP contribution in [0.25, 0.3) is 0 Å². The van der Waals surface area contributed by atoms with Gasteiger partial charge in [0.2, 0.25) is 0 Å². The van der Waals surface area contributed by atoms with Gasteiger partial charge in [-0.1, -0.05) is 0 Å². The molecule has 0 radical (unpaired) electrons. The molecule has 0 saturated heterocycles. The van der Waals surface area contributed by atoms with Gasteiger partial charge >= 0.3 is 12.1 Å². The van der Waals surface area contributed by atoms with E-state index >= 15 is 0 Å². The average molecular weight is 255 g/mol. The molecule has 100 valence electrons. The van der Waals surface area contributed by atoms with E-state index in [1.807, 2.05) is 0 Å². The minimum atomic E-state index is -3.81. The predicted octanol–water partition coefficient (Wildman–Crippen LogP) is 2.10. The van der Waals surface area contributed by atoms with Crippen molar-refractivity contribution < 1.29 is 32.0 Å². The molecule has 17 heavy (non-hydrogen) atoms. The first-order chi connectivity index (χ1) is 9.91. The fraction of sp³-hybridized carbons (Fsp3) is 0.818. The van der Waals surface area contributed by atoms with Crippen LogP contribution in [0, 0.1) is 0 Å². The summed E-state index contributed by atoms with van der Waals surface area (Å²) in [6, 6.07) is -2.09. The Morgan fingerprint density at radius 3 is 2.35 bits per heavy atom. The first kappa shape index (κ1) is 7.89. The molecule has 0 spiro atoms. The van der Waals surface area contributed by atoms with Crippen LogP contribution in [0.2, 0.25) is 0 Å². The number of hydrogen-bond donors (Lipinski definition) is 2. The zero-order valence-electron chi connectivity index (χ0n) is 15.8. The summed E-state index contributed by atoms with van der Waals surface area (Å²) < 4.78 is 61.8.